The molecule has 0 rings (SSSR count). The van der Waals surface area contributed by atoms with E-state index >= 15 is 0 Å². The fourth-order valence-electron chi connectivity index (χ4n) is 7.61. The molecule has 0 saturated carbocycles. The zero-order valence-corrected chi connectivity index (χ0v) is 46.4. The van der Waals surface area contributed by atoms with Crippen LogP contribution in [0.1, 0.15) is 245 Å². The van der Waals surface area contributed by atoms with Gasteiger partial charge in [-0.05, 0) is 103 Å². The lowest BCUT2D eigenvalue weighted by molar-refractivity contribution is -0.166. The maximum atomic E-state index is 12.8. The van der Waals surface area contributed by atoms with E-state index in [1.54, 1.807) is 0 Å². The first kappa shape index (κ1) is 67.5. The topological polar surface area (TPSA) is 78.9 Å². The van der Waals surface area contributed by atoms with Crippen LogP contribution in [0, 0.1) is 0 Å². The molecule has 1 unspecified atom stereocenters. The van der Waals surface area contributed by atoms with Crippen molar-refractivity contribution in [3.63, 3.8) is 0 Å². The Hall–Kier alpha value is -4.45. The third kappa shape index (κ3) is 56.5. The number of esters is 3. The van der Waals surface area contributed by atoms with Crippen molar-refractivity contribution in [1.29, 1.82) is 0 Å². The first-order chi connectivity index (χ1) is 35.5. The summed E-state index contributed by atoms with van der Waals surface area (Å²) in [4.78, 5) is 37.9. The summed E-state index contributed by atoms with van der Waals surface area (Å²) in [6, 6.07) is 0. The molecule has 0 aromatic heterocycles. The Morgan fingerprint density at radius 1 is 0.292 bits per heavy atom. The maximum Gasteiger partial charge on any atom is 0.306 e. The lowest BCUT2D eigenvalue weighted by Crippen LogP contribution is -2.30. The minimum absolute atomic E-state index is 0.111. The largest absolute Gasteiger partial charge is 0.462 e. The molecule has 0 saturated heterocycles. The second-order valence-electron chi connectivity index (χ2n) is 18.8. The van der Waals surface area contributed by atoms with Gasteiger partial charge < -0.3 is 14.2 Å². The number of unbranched alkanes of at least 4 members (excludes halogenated alkanes) is 18. The number of carbonyl (C=O) groups excluding carboxylic acids is 3. The minimum atomic E-state index is -0.819. The average molecular weight is 996 g/mol. The predicted molar refractivity (Wildman–Crippen MR) is 311 cm³/mol. The van der Waals surface area contributed by atoms with Crippen molar-refractivity contribution in [3.05, 3.63) is 134 Å². The Bertz CT molecular complexity index is 1560. The number of rotatable bonds is 51. The molecular weight excluding hydrogens is 889 g/mol. The summed E-state index contributed by atoms with van der Waals surface area (Å²) >= 11 is 0. The van der Waals surface area contributed by atoms with E-state index in [1.807, 2.05) is 12.2 Å². The van der Waals surface area contributed by atoms with Crippen molar-refractivity contribution in [3.8, 4) is 0 Å². The fraction of sp³-hybridized carbons (Fsp3) is 0.621. The highest BCUT2D eigenvalue weighted by Crippen LogP contribution is 2.15. The van der Waals surface area contributed by atoms with E-state index in [2.05, 4.69) is 142 Å². The Balaban J connectivity index is 4.19. The van der Waals surface area contributed by atoms with Crippen molar-refractivity contribution in [1.82, 2.24) is 0 Å². The summed E-state index contributed by atoms with van der Waals surface area (Å²) in [6.07, 6.45) is 83.5. The Morgan fingerprint density at radius 3 is 0.903 bits per heavy atom. The van der Waals surface area contributed by atoms with Gasteiger partial charge in [0, 0.05) is 19.3 Å². The molecular formula is C66H106O6. The molecule has 0 aromatic rings. The summed E-state index contributed by atoms with van der Waals surface area (Å²) in [6.45, 7) is 6.28. The molecule has 1 atom stereocenters. The van der Waals surface area contributed by atoms with Crippen LogP contribution in [0.25, 0.3) is 0 Å². The zero-order chi connectivity index (χ0) is 52.2. The van der Waals surface area contributed by atoms with Gasteiger partial charge >= 0.3 is 17.9 Å². The van der Waals surface area contributed by atoms with E-state index in [4.69, 9.17) is 14.2 Å². The van der Waals surface area contributed by atoms with Crippen LogP contribution in [-0.2, 0) is 28.6 Å². The van der Waals surface area contributed by atoms with Gasteiger partial charge in [-0.25, -0.2) is 0 Å². The third-order valence-electron chi connectivity index (χ3n) is 11.9. The van der Waals surface area contributed by atoms with Crippen LogP contribution in [0.15, 0.2) is 134 Å². The van der Waals surface area contributed by atoms with Crippen LogP contribution in [0.5, 0.6) is 0 Å². The number of hydrogen-bond donors (Lipinski definition) is 0. The second kappa shape index (κ2) is 59.1. The van der Waals surface area contributed by atoms with Gasteiger partial charge in [-0.1, -0.05) is 257 Å². The molecule has 0 aliphatic rings. The molecule has 0 amide bonds. The van der Waals surface area contributed by atoms with Gasteiger partial charge in [-0.15, -0.1) is 0 Å². The van der Waals surface area contributed by atoms with Gasteiger partial charge in [0.25, 0.3) is 0 Å². The highest BCUT2D eigenvalue weighted by atomic mass is 16.6. The molecule has 0 spiro atoms. The summed E-state index contributed by atoms with van der Waals surface area (Å²) < 4.78 is 16.7. The highest BCUT2D eigenvalue weighted by Gasteiger charge is 2.19. The van der Waals surface area contributed by atoms with Gasteiger partial charge in [0.15, 0.2) is 6.10 Å². The van der Waals surface area contributed by atoms with Crippen LogP contribution < -0.4 is 0 Å². The highest BCUT2D eigenvalue weighted by molar-refractivity contribution is 5.71. The molecule has 0 aliphatic heterocycles. The Kier molecular flexibility index (Phi) is 55.5. The molecule has 0 aliphatic carbocycles. The molecule has 0 fully saturated rings. The molecule has 6 nitrogen and oxygen atoms in total. The van der Waals surface area contributed by atoms with Crippen molar-refractivity contribution in [2.75, 3.05) is 13.2 Å². The normalized spacial score (nSPS) is 13.1. The van der Waals surface area contributed by atoms with Gasteiger partial charge in [0.05, 0.1) is 0 Å². The summed E-state index contributed by atoms with van der Waals surface area (Å²) in [5.74, 6) is -1.01. The second-order valence-corrected chi connectivity index (χ2v) is 18.8. The average Bonchev–Trinajstić information content (AvgIpc) is 3.38. The van der Waals surface area contributed by atoms with Crippen molar-refractivity contribution in [2.24, 2.45) is 0 Å². The van der Waals surface area contributed by atoms with Crippen molar-refractivity contribution >= 4 is 17.9 Å². The predicted octanol–water partition coefficient (Wildman–Crippen LogP) is 19.8. The Labute approximate surface area is 443 Å². The first-order valence-electron chi connectivity index (χ1n) is 29.2. The molecule has 406 valence electrons. The summed E-state index contributed by atoms with van der Waals surface area (Å²) in [5, 5.41) is 0. The molecule has 72 heavy (non-hydrogen) atoms. The van der Waals surface area contributed by atoms with Crippen LogP contribution >= 0.6 is 0 Å². The number of hydrogen-bond acceptors (Lipinski definition) is 6. The van der Waals surface area contributed by atoms with Gasteiger partial charge in [0.2, 0.25) is 0 Å². The van der Waals surface area contributed by atoms with Crippen LogP contribution in [0.3, 0.4) is 0 Å². The number of allylic oxidation sites excluding steroid dienone is 22. The zero-order valence-electron chi connectivity index (χ0n) is 46.4. The van der Waals surface area contributed by atoms with E-state index in [-0.39, 0.29) is 31.6 Å². The standard InChI is InChI=1S/C66H106O6/c1-4-7-10-13-16-18-20-22-24-26-28-29-30-31-32-33-34-35-36-37-39-40-42-44-46-48-50-53-56-59-65(68)71-62-63(61-70-64(67)58-55-52-15-12-9-6-3)72-66(69)60-57-54-51-49-47-45-43-41-38-27-25-23-21-19-17-14-11-8-5-2/h7-8,10-11,16-19,22-25,28-29,31-32,38,41,45,47,51,54,63H,4-6,9,12-15,20-21,26-27,30,33-37,39-40,42-44,46,48-50,52-53,55-62H2,1-3H3/b10-7-,11-8-,18-16-,19-17-,24-22-,25-23-,29-28-,32-31-,41-38-,47-45-,54-51-. The molecule has 0 heterocycles. The quantitative estimate of drug-likeness (QED) is 0.0261. The monoisotopic (exact) mass is 995 g/mol. The van der Waals surface area contributed by atoms with Gasteiger partial charge in [0.1, 0.15) is 13.2 Å². The molecule has 0 aromatic carbocycles. The smallest absolute Gasteiger partial charge is 0.306 e. The SMILES string of the molecule is CC/C=C\C/C=C\C/C=C\C/C=C\C/C=C\C/C=C\CCC(=O)OC(COC(=O)CCCCCCCC)COC(=O)CCCCCCCCCCCCCCC/C=C\C/C=C\C/C=C\C/C=C\C/C=C\CC. The van der Waals surface area contributed by atoms with Crippen molar-refractivity contribution in [2.45, 2.75) is 252 Å². The fourth-order valence-corrected chi connectivity index (χ4v) is 7.61. The van der Waals surface area contributed by atoms with E-state index in [9.17, 15) is 14.4 Å². The minimum Gasteiger partial charge on any atom is -0.462 e. The first-order valence-corrected chi connectivity index (χ1v) is 29.2. The van der Waals surface area contributed by atoms with Crippen LogP contribution in [-0.4, -0.2) is 37.2 Å². The molecule has 6 heteroatoms. The Morgan fingerprint density at radius 2 is 0.569 bits per heavy atom. The van der Waals surface area contributed by atoms with Gasteiger partial charge in [-0.2, -0.15) is 0 Å². The third-order valence-corrected chi connectivity index (χ3v) is 11.9. The lowest BCUT2D eigenvalue weighted by Gasteiger charge is -2.18. The summed E-state index contributed by atoms with van der Waals surface area (Å²) in [7, 11) is 0. The van der Waals surface area contributed by atoms with E-state index in [0.29, 0.717) is 19.3 Å². The van der Waals surface area contributed by atoms with Crippen LogP contribution in [0.2, 0.25) is 0 Å². The lowest BCUT2D eigenvalue weighted by atomic mass is 10.0. The molecule has 0 N–H and O–H groups in total. The number of ether oxygens (including phenoxy) is 3. The molecule has 0 bridgehead atoms. The van der Waals surface area contributed by atoms with E-state index < -0.39 is 12.1 Å². The van der Waals surface area contributed by atoms with E-state index in [1.165, 1.54) is 89.9 Å². The summed E-state index contributed by atoms with van der Waals surface area (Å²) in [5.41, 5.74) is 0. The maximum absolute atomic E-state index is 12.8. The van der Waals surface area contributed by atoms with Crippen molar-refractivity contribution < 1.29 is 28.6 Å². The van der Waals surface area contributed by atoms with Gasteiger partial charge in [-0.3, -0.25) is 14.4 Å². The van der Waals surface area contributed by atoms with E-state index in [0.717, 1.165) is 109 Å². The number of carbonyl (C=O) groups is 3. The van der Waals surface area contributed by atoms with Crippen LogP contribution in [0.4, 0.5) is 0 Å². The molecule has 0 radical (unpaired) electrons.